The summed E-state index contributed by atoms with van der Waals surface area (Å²) >= 11 is 0. The third-order valence-electron chi connectivity index (χ3n) is 2.96. The van der Waals surface area contributed by atoms with Gasteiger partial charge in [0.1, 0.15) is 0 Å². The molecular formula is C11H15N5O2. The number of methoxy groups -OCH3 is 1. The van der Waals surface area contributed by atoms with Crippen molar-refractivity contribution in [3.05, 3.63) is 16.7 Å². The van der Waals surface area contributed by atoms with Crippen molar-refractivity contribution >= 4 is 5.82 Å². The number of aromatic amines is 1. The maximum absolute atomic E-state index is 11.6. The molecule has 2 rings (SSSR count). The first-order chi connectivity index (χ1) is 8.76. The molecule has 0 atom stereocenters. The lowest BCUT2D eigenvalue weighted by Gasteiger charge is -2.34. The number of aromatic nitrogens is 2. The molecule has 0 bridgehead atoms. The zero-order valence-electron chi connectivity index (χ0n) is 10.2. The summed E-state index contributed by atoms with van der Waals surface area (Å²) in [6.45, 7) is 3.47. The van der Waals surface area contributed by atoms with Crippen LogP contribution in [0.3, 0.4) is 0 Å². The van der Waals surface area contributed by atoms with Crippen LogP contribution >= 0.6 is 0 Å². The Kier molecular flexibility index (Phi) is 3.79. The number of nitriles is 1. The molecule has 0 spiro atoms. The fourth-order valence-corrected chi connectivity index (χ4v) is 2.00. The summed E-state index contributed by atoms with van der Waals surface area (Å²) in [6, 6.07) is 2.14. The van der Waals surface area contributed by atoms with Crippen LogP contribution in [0.5, 0.6) is 5.75 Å². The van der Waals surface area contributed by atoms with Crippen LogP contribution in [0.15, 0.2) is 11.1 Å². The van der Waals surface area contributed by atoms with Gasteiger partial charge in [0.05, 0.1) is 26.1 Å². The molecule has 7 nitrogen and oxygen atoms in total. The zero-order chi connectivity index (χ0) is 13.0. The van der Waals surface area contributed by atoms with Gasteiger partial charge in [-0.25, -0.2) is 4.98 Å². The Morgan fingerprint density at radius 1 is 1.50 bits per heavy atom. The fourth-order valence-electron chi connectivity index (χ4n) is 2.00. The third kappa shape index (κ3) is 2.43. The lowest BCUT2D eigenvalue weighted by molar-refractivity contribution is 0.284. The highest BCUT2D eigenvalue weighted by Crippen LogP contribution is 2.21. The van der Waals surface area contributed by atoms with Gasteiger partial charge in [-0.05, 0) is 0 Å². The molecule has 1 fully saturated rings. The van der Waals surface area contributed by atoms with Crippen molar-refractivity contribution in [2.24, 2.45) is 0 Å². The van der Waals surface area contributed by atoms with Crippen LogP contribution in [-0.4, -0.2) is 54.7 Å². The van der Waals surface area contributed by atoms with Gasteiger partial charge in [0, 0.05) is 26.2 Å². The van der Waals surface area contributed by atoms with E-state index in [9.17, 15) is 4.79 Å². The largest absolute Gasteiger partial charge is 0.489 e. The molecule has 2 heterocycles. The number of piperazine rings is 1. The van der Waals surface area contributed by atoms with Gasteiger partial charge >= 0.3 is 0 Å². The molecular weight excluding hydrogens is 234 g/mol. The van der Waals surface area contributed by atoms with Crippen LogP contribution in [0.25, 0.3) is 0 Å². The van der Waals surface area contributed by atoms with E-state index in [4.69, 9.17) is 10.00 Å². The second kappa shape index (κ2) is 5.51. The molecule has 96 valence electrons. The summed E-state index contributed by atoms with van der Waals surface area (Å²) in [5.41, 5.74) is -0.276. The summed E-state index contributed by atoms with van der Waals surface area (Å²) < 4.78 is 5.09. The Bertz CT molecular complexity index is 499. The summed E-state index contributed by atoms with van der Waals surface area (Å²) in [5.74, 6) is 0.809. The number of hydrogen-bond donors (Lipinski definition) is 1. The average Bonchev–Trinajstić information content (AvgIpc) is 2.40. The van der Waals surface area contributed by atoms with Crippen molar-refractivity contribution in [2.75, 3.05) is 44.7 Å². The smallest absolute Gasteiger partial charge is 0.295 e. The highest BCUT2D eigenvalue weighted by Gasteiger charge is 2.21. The molecule has 1 aliphatic heterocycles. The lowest BCUT2D eigenvalue weighted by Crippen LogP contribution is -2.47. The standard InChI is InChI=1S/C11H15N5O2/c1-18-9-10(13-8-14-11(9)17)16-6-4-15(3-2-12)5-7-16/h8H,3-7H2,1H3,(H,13,14,17). The molecule has 0 saturated carbocycles. The topological polar surface area (TPSA) is 85.2 Å². The monoisotopic (exact) mass is 249 g/mol. The summed E-state index contributed by atoms with van der Waals surface area (Å²) in [7, 11) is 1.46. The summed E-state index contributed by atoms with van der Waals surface area (Å²) in [5, 5.41) is 8.64. The Morgan fingerprint density at radius 2 is 2.22 bits per heavy atom. The first kappa shape index (κ1) is 12.4. The van der Waals surface area contributed by atoms with Crippen molar-refractivity contribution in [2.45, 2.75) is 0 Å². The molecule has 1 aromatic heterocycles. The predicted octanol–water partition coefficient (Wildman–Crippen LogP) is -0.576. The van der Waals surface area contributed by atoms with Gasteiger partial charge in [-0.3, -0.25) is 9.69 Å². The first-order valence-electron chi connectivity index (χ1n) is 5.72. The number of H-pyrrole nitrogens is 1. The third-order valence-corrected chi connectivity index (χ3v) is 2.96. The van der Waals surface area contributed by atoms with Crippen LogP contribution in [-0.2, 0) is 0 Å². The molecule has 1 N–H and O–H groups in total. The van der Waals surface area contributed by atoms with Crippen LogP contribution in [0, 0.1) is 11.3 Å². The maximum atomic E-state index is 11.6. The summed E-state index contributed by atoms with van der Waals surface area (Å²) in [4.78, 5) is 22.3. The van der Waals surface area contributed by atoms with Crippen LogP contribution in [0.2, 0.25) is 0 Å². The van der Waals surface area contributed by atoms with Crippen molar-refractivity contribution in [1.29, 1.82) is 5.26 Å². The van der Waals surface area contributed by atoms with E-state index in [2.05, 4.69) is 20.9 Å². The highest BCUT2D eigenvalue weighted by molar-refractivity contribution is 5.51. The molecule has 1 aromatic rings. The van der Waals surface area contributed by atoms with E-state index in [0.29, 0.717) is 12.4 Å². The number of rotatable bonds is 3. The van der Waals surface area contributed by atoms with Crippen molar-refractivity contribution < 1.29 is 4.74 Å². The van der Waals surface area contributed by atoms with E-state index in [0.717, 1.165) is 26.2 Å². The molecule has 0 radical (unpaired) electrons. The Morgan fingerprint density at radius 3 is 2.83 bits per heavy atom. The van der Waals surface area contributed by atoms with E-state index in [1.807, 2.05) is 4.90 Å². The van der Waals surface area contributed by atoms with Gasteiger partial charge in [0.25, 0.3) is 5.56 Å². The minimum Gasteiger partial charge on any atom is -0.489 e. The van der Waals surface area contributed by atoms with Gasteiger partial charge in [0.15, 0.2) is 5.82 Å². The number of nitrogens with zero attached hydrogens (tertiary/aromatic N) is 4. The predicted molar refractivity (Wildman–Crippen MR) is 65.7 cm³/mol. The first-order valence-corrected chi connectivity index (χ1v) is 5.72. The van der Waals surface area contributed by atoms with Crippen molar-refractivity contribution in [1.82, 2.24) is 14.9 Å². The van der Waals surface area contributed by atoms with Crippen LogP contribution < -0.4 is 15.2 Å². The van der Waals surface area contributed by atoms with Gasteiger partial charge in [0.2, 0.25) is 5.75 Å². The quantitative estimate of drug-likeness (QED) is 0.722. The SMILES string of the molecule is COc1c(N2CCN(CC#N)CC2)nc[nH]c1=O. The minimum absolute atomic E-state index is 0.242. The van der Waals surface area contributed by atoms with Gasteiger partial charge in [-0.1, -0.05) is 0 Å². The molecule has 0 aromatic carbocycles. The Balaban J connectivity index is 2.13. The molecule has 0 unspecified atom stereocenters. The van der Waals surface area contributed by atoms with Gasteiger partial charge in [-0.2, -0.15) is 5.26 Å². The van der Waals surface area contributed by atoms with Crippen LogP contribution in [0.1, 0.15) is 0 Å². The zero-order valence-corrected chi connectivity index (χ0v) is 10.2. The van der Waals surface area contributed by atoms with E-state index >= 15 is 0 Å². The van der Waals surface area contributed by atoms with E-state index in [1.54, 1.807) is 0 Å². The highest BCUT2D eigenvalue weighted by atomic mass is 16.5. The second-order valence-corrected chi connectivity index (χ2v) is 4.01. The Labute approximate surface area is 105 Å². The van der Waals surface area contributed by atoms with E-state index < -0.39 is 0 Å². The lowest BCUT2D eigenvalue weighted by atomic mass is 10.3. The number of anilines is 1. The van der Waals surface area contributed by atoms with E-state index in [-0.39, 0.29) is 11.3 Å². The average molecular weight is 249 g/mol. The van der Waals surface area contributed by atoms with Gasteiger partial charge < -0.3 is 14.6 Å². The molecule has 1 saturated heterocycles. The minimum atomic E-state index is -0.276. The molecule has 0 amide bonds. The number of hydrogen-bond acceptors (Lipinski definition) is 6. The van der Waals surface area contributed by atoms with Crippen molar-refractivity contribution in [3.8, 4) is 11.8 Å². The summed E-state index contributed by atoms with van der Waals surface area (Å²) in [6.07, 6.45) is 1.38. The van der Waals surface area contributed by atoms with Gasteiger partial charge in [-0.15, -0.1) is 0 Å². The number of nitrogens with one attached hydrogen (secondary N) is 1. The molecule has 18 heavy (non-hydrogen) atoms. The maximum Gasteiger partial charge on any atom is 0.295 e. The Hall–Kier alpha value is -2.07. The van der Waals surface area contributed by atoms with Crippen molar-refractivity contribution in [3.63, 3.8) is 0 Å². The molecule has 1 aliphatic rings. The number of ether oxygens (including phenoxy) is 1. The second-order valence-electron chi connectivity index (χ2n) is 4.01. The molecule has 0 aliphatic carbocycles. The fraction of sp³-hybridized carbons (Fsp3) is 0.545. The normalized spacial score (nSPS) is 16.3. The molecule has 7 heteroatoms. The van der Waals surface area contributed by atoms with E-state index in [1.165, 1.54) is 13.4 Å². The van der Waals surface area contributed by atoms with Crippen LogP contribution in [0.4, 0.5) is 5.82 Å².